The maximum absolute atomic E-state index is 12.9. The predicted octanol–water partition coefficient (Wildman–Crippen LogP) is 5.44. The Balaban J connectivity index is 1.14. The summed E-state index contributed by atoms with van der Waals surface area (Å²) in [4.78, 5) is 21.7. The largest absolute Gasteiger partial charge is 0.378 e. The quantitative estimate of drug-likeness (QED) is 0.290. The van der Waals surface area contributed by atoms with Crippen LogP contribution in [0.1, 0.15) is 49.1 Å². The third kappa shape index (κ3) is 5.82. The zero-order chi connectivity index (χ0) is 24.0. The van der Waals surface area contributed by atoms with E-state index in [1.807, 2.05) is 48.3 Å². The van der Waals surface area contributed by atoms with Crippen LogP contribution >= 0.6 is 0 Å². The van der Waals surface area contributed by atoms with E-state index in [2.05, 4.69) is 39.3 Å². The number of rotatable bonds is 10. The molecule has 1 aliphatic carbocycles. The van der Waals surface area contributed by atoms with Crippen molar-refractivity contribution in [1.82, 2.24) is 19.7 Å². The summed E-state index contributed by atoms with van der Waals surface area (Å²) in [5.74, 6) is 0.555. The first-order valence-corrected chi connectivity index (χ1v) is 12.6. The molecule has 0 aliphatic heterocycles. The number of Topliss-reactive ketones (excluding diaryl/α,β-unsaturated/α-hetero) is 1. The zero-order valence-electron chi connectivity index (χ0n) is 20.3. The van der Waals surface area contributed by atoms with Crippen LogP contribution in [0.5, 0.6) is 0 Å². The number of hydrogen-bond acceptors (Lipinski definition) is 5. The molecule has 6 heteroatoms. The zero-order valence-corrected chi connectivity index (χ0v) is 20.3. The van der Waals surface area contributed by atoms with Gasteiger partial charge in [-0.3, -0.25) is 14.8 Å². The monoisotopic (exact) mass is 468 g/mol. The van der Waals surface area contributed by atoms with Crippen molar-refractivity contribution in [2.75, 3.05) is 6.61 Å². The fourth-order valence-corrected chi connectivity index (χ4v) is 5.11. The fraction of sp³-hybridized carbons (Fsp3) is 0.379. The van der Waals surface area contributed by atoms with E-state index in [9.17, 15) is 4.79 Å². The molecule has 2 atom stereocenters. The van der Waals surface area contributed by atoms with Crippen molar-refractivity contribution in [1.29, 1.82) is 0 Å². The lowest BCUT2D eigenvalue weighted by Crippen LogP contribution is -2.22. The molecule has 3 heterocycles. The third-order valence-corrected chi connectivity index (χ3v) is 6.88. The van der Waals surface area contributed by atoms with E-state index in [0.29, 0.717) is 18.8 Å². The first-order valence-electron chi connectivity index (χ1n) is 12.6. The van der Waals surface area contributed by atoms with Gasteiger partial charge in [-0.1, -0.05) is 36.8 Å². The van der Waals surface area contributed by atoms with Crippen LogP contribution < -0.4 is 0 Å². The number of carbonyl (C=O) groups is 1. The van der Waals surface area contributed by atoms with Crippen molar-refractivity contribution in [2.45, 2.75) is 58.0 Å². The summed E-state index contributed by atoms with van der Waals surface area (Å²) in [6.07, 6.45) is 11.9. The first-order chi connectivity index (χ1) is 17.2. The average Bonchev–Trinajstić information content (AvgIpc) is 3.49. The van der Waals surface area contributed by atoms with Gasteiger partial charge in [0, 0.05) is 42.4 Å². The lowest BCUT2D eigenvalue weighted by atomic mass is 9.96. The Labute approximate surface area is 206 Å². The Bertz CT molecular complexity index is 1280. The van der Waals surface area contributed by atoms with Crippen molar-refractivity contribution in [2.24, 2.45) is 5.92 Å². The van der Waals surface area contributed by atoms with Crippen LogP contribution in [-0.4, -0.2) is 38.2 Å². The number of pyridine rings is 2. The normalized spacial score (nSPS) is 17.7. The summed E-state index contributed by atoms with van der Waals surface area (Å²) >= 11 is 0. The van der Waals surface area contributed by atoms with Crippen molar-refractivity contribution in [3.63, 3.8) is 0 Å². The van der Waals surface area contributed by atoms with Crippen LogP contribution in [0.4, 0.5) is 0 Å². The van der Waals surface area contributed by atoms with E-state index in [1.165, 1.54) is 5.56 Å². The van der Waals surface area contributed by atoms with Crippen molar-refractivity contribution in [3.8, 4) is 5.69 Å². The highest BCUT2D eigenvalue weighted by Gasteiger charge is 2.29. The number of carbonyl (C=O) groups excluding carboxylic acids is 1. The molecule has 1 aromatic carbocycles. The van der Waals surface area contributed by atoms with Crippen LogP contribution in [-0.2, 0) is 22.4 Å². The molecule has 1 aliphatic rings. The summed E-state index contributed by atoms with van der Waals surface area (Å²) in [5, 5.41) is 5.51. The summed E-state index contributed by atoms with van der Waals surface area (Å²) in [6, 6.07) is 16.4. The molecule has 0 unspecified atom stereocenters. The van der Waals surface area contributed by atoms with Crippen LogP contribution in [0.3, 0.4) is 0 Å². The maximum Gasteiger partial charge on any atom is 0.139 e. The Kier molecular flexibility index (Phi) is 7.28. The Morgan fingerprint density at radius 3 is 2.83 bits per heavy atom. The number of fused-ring (bicyclic) bond motifs is 1. The van der Waals surface area contributed by atoms with Gasteiger partial charge in [0.25, 0.3) is 0 Å². The van der Waals surface area contributed by atoms with Gasteiger partial charge in [0.05, 0.1) is 29.7 Å². The third-order valence-electron chi connectivity index (χ3n) is 6.88. The van der Waals surface area contributed by atoms with E-state index in [-0.39, 0.29) is 11.9 Å². The minimum absolute atomic E-state index is 0.201. The number of aromatic nitrogens is 4. The van der Waals surface area contributed by atoms with Crippen LogP contribution in [0.2, 0.25) is 0 Å². The lowest BCUT2D eigenvalue weighted by molar-refractivity contribution is -0.120. The number of hydrogen-bond donors (Lipinski definition) is 0. The average molecular weight is 469 g/mol. The Hall–Kier alpha value is -3.38. The Morgan fingerprint density at radius 2 is 1.97 bits per heavy atom. The molecule has 1 saturated carbocycles. The van der Waals surface area contributed by atoms with Gasteiger partial charge in [0.1, 0.15) is 5.78 Å². The first kappa shape index (κ1) is 23.4. The van der Waals surface area contributed by atoms with Gasteiger partial charge >= 0.3 is 0 Å². The molecule has 180 valence electrons. The molecule has 0 bridgehead atoms. The van der Waals surface area contributed by atoms with E-state index in [1.54, 1.807) is 6.20 Å². The summed E-state index contributed by atoms with van der Waals surface area (Å²) in [6.45, 7) is 2.71. The molecule has 0 amide bonds. The standard InChI is InChI=1S/C29H32N4O2/c1-21-15-26(12-13-30-21)33-28-20-31-25(16-24(28)19-32-33)18-27(34)17-23-10-5-11-29(23)35-14-6-9-22-7-3-2-4-8-22/h2-4,7-8,12-13,15-16,19-20,23,29H,5-6,9-11,14,17-18H2,1H3/t23-,29+/m1/s1. The SMILES string of the molecule is Cc1cc(-n2ncc3cc(CC(=O)C[C@H]4CCC[C@@H]4OCCCc4ccccc4)ncc32)ccn1. The molecule has 4 aromatic rings. The summed E-state index contributed by atoms with van der Waals surface area (Å²) in [7, 11) is 0. The van der Waals surface area contributed by atoms with Crippen LogP contribution in [0.25, 0.3) is 16.6 Å². The molecule has 35 heavy (non-hydrogen) atoms. The molecular formula is C29H32N4O2. The molecule has 5 rings (SSSR count). The number of aryl methyl sites for hydroxylation is 2. The smallest absolute Gasteiger partial charge is 0.139 e. The number of ether oxygens (including phenoxy) is 1. The van der Waals surface area contributed by atoms with Gasteiger partial charge in [-0.05, 0) is 62.3 Å². The highest BCUT2D eigenvalue weighted by atomic mass is 16.5. The van der Waals surface area contributed by atoms with Gasteiger partial charge < -0.3 is 4.74 Å². The van der Waals surface area contributed by atoms with Gasteiger partial charge in [0.2, 0.25) is 0 Å². The van der Waals surface area contributed by atoms with Crippen molar-refractivity contribution >= 4 is 16.7 Å². The van der Waals surface area contributed by atoms with Crippen LogP contribution in [0.15, 0.2) is 67.1 Å². The number of nitrogens with zero attached hydrogens (tertiary/aromatic N) is 4. The molecule has 6 nitrogen and oxygen atoms in total. The van der Waals surface area contributed by atoms with E-state index < -0.39 is 0 Å². The van der Waals surface area contributed by atoms with E-state index in [0.717, 1.165) is 66.7 Å². The minimum atomic E-state index is 0.201. The molecule has 0 N–H and O–H groups in total. The summed E-state index contributed by atoms with van der Waals surface area (Å²) < 4.78 is 8.08. The van der Waals surface area contributed by atoms with E-state index >= 15 is 0 Å². The molecule has 0 radical (unpaired) electrons. The molecule has 1 fully saturated rings. The topological polar surface area (TPSA) is 69.9 Å². The van der Waals surface area contributed by atoms with E-state index in [4.69, 9.17) is 4.74 Å². The molecule has 0 saturated heterocycles. The molecule has 3 aromatic heterocycles. The van der Waals surface area contributed by atoms with Gasteiger partial charge in [-0.15, -0.1) is 0 Å². The predicted molar refractivity (Wildman–Crippen MR) is 137 cm³/mol. The minimum Gasteiger partial charge on any atom is -0.378 e. The van der Waals surface area contributed by atoms with Crippen LogP contribution in [0, 0.1) is 12.8 Å². The maximum atomic E-state index is 12.9. The van der Waals surface area contributed by atoms with Gasteiger partial charge in [-0.25, -0.2) is 4.68 Å². The second-order valence-corrected chi connectivity index (χ2v) is 9.56. The number of ketones is 1. The van der Waals surface area contributed by atoms with Crippen molar-refractivity contribution in [3.05, 3.63) is 84.1 Å². The second kappa shape index (κ2) is 10.9. The second-order valence-electron chi connectivity index (χ2n) is 9.56. The van der Waals surface area contributed by atoms with Gasteiger partial charge in [-0.2, -0.15) is 5.10 Å². The highest BCUT2D eigenvalue weighted by Crippen LogP contribution is 2.31. The Morgan fingerprint density at radius 1 is 1.09 bits per heavy atom. The van der Waals surface area contributed by atoms with Crippen molar-refractivity contribution < 1.29 is 9.53 Å². The summed E-state index contributed by atoms with van der Waals surface area (Å²) in [5.41, 5.74) is 4.96. The highest BCUT2D eigenvalue weighted by molar-refractivity contribution is 5.84. The molecule has 0 spiro atoms. The lowest BCUT2D eigenvalue weighted by Gasteiger charge is -2.19. The fourth-order valence-electron chi connectivity index (χ4n) is 5.11. The van der Waals surface area contributed by atoms with Gasteiger partial charge in [0.15, 0.2) is 0 Å². The molecular weight excluding hydrogens is 436 g/mol. The number of benzene rings is 1.